The molecule has 1 atom stereocenters. The molecule has 0 radical (unpaired) electrons. The topological polar surface area (TPSA) is 86.9 Å². The molecule has 2 aromatic rings. The Morgan fingerprint density at radius 3 is 2.79 bits per heavy atom. The van der Waals surface area contributed by atoms with Crippen molar-refractivity contribution in [3.8, 4) is 0 Å². The van der Waals surface area contributed by atoms with E-state index in [1.165, 1.54) is 6.33 Å². The number of rotatable bonds is 3. The number of hydrogen-bond donors (Lipinski definition) is 1. The molecule has 2 saturated heterocycles. The van der Waals surface area contributed by atoms with Gasteiger partial charge in [-0.3, -0.25) is 4.79 Å². The SMILES string of the molecule is Cc1nc2ncnn2c(C)c1CCC(=O)N1CCC2(CC1)CC(O)CN(C)C2. The van der Waals surface area contributed by atoms with Crippen LogP contribution in [0.5, 0.6) is 0 Å². The largest absolute Gasteiger partial charge is 0.392 e. The van der Waals surface area contributed by atoms with E-state index in [0.29, 0.717) is 18.6 Å². The van der Waals surface area contributed by atoms with Crippen molar-refractivity contribution in [2.75, 3.05) is 33.2 Å². The maximum atomic E-state index is 12.8. The molecule has 4 rings (SSSR count). The van der Waals surface area contributed by atoms with E-state index in [9.17, 15) is 9.90 Å². The first-order chi connectivity index (χ1) is 13.4. The summed E-state index contributed by atoms with van der Waals surface area (Å²) in [5, 5.41) is 14.4. The Labute approximate surface area is 165 Å². The van der Waals surface area contributed by atoms with Gasteiger partial charge in [0.25, 0.3) is 5.78 Å². The van der Waals surface area contributed by atoms with Crippen molar-refractivity contribution in [3.63, 3.8) is 0 Å². The Morgan fingerprint density at radius 2 is 2.07 bits per heavy atom. The average molecular weight is 387 g/mol. The molecular formula is C20H30N6O2. The number of β-amino-alcohol motifs (C(OH)–C–C–N with tert-alkyl or cyclic N) is 1. The van der Waals surface area contributed by atoms with E-state index in [4.69, 9.17) is 0 Å². The maximum absolute atomic E-state index is 12.8. The van der Waals surface area contributed by atoms with Gasteiger partial charge >= 0.3 is 0 Å². The molecule has 4 heterocycles. The zero-order valence-electron chi connectivity index (χ0n) is 17.1. The number of aliphatic hydroxyl groups excluding tert-OH is 1. The molecule has 2 fully saturated rings. The molecule has 1 unspecified atom stereocenters. The van der Waals surface area contributed by atoms with Gasteiger partial charge in [0.05, 0.1) is 6.10 Å². The number of aromatic nitrogens is 4. The maximum Gasteiger partial charge on any atom is 0.252 e. The van der Waals surface area contributed by atoms with Gasteiger partial charge in [0.1, 0.15) is 6.33 Å². The molecule has 2 aromatic heterocycles. The number of nitrogens with zero attached hydrogens (tertiary/aromatic N) is 6. The lowest BCUT2D eigenvalue weighted by Crippen LogP contribution is -2.53. The lowest BCUT2D eigenvalue weighted by molar-refractivity contribution is -0.134. The quantitative estimate of drug-likeness (QED) is 0.846. The molecule has 8 nitrogen and oxygen atoms in total. The summed E-state index contributed by atoms with van der Waals surface area (Å²) in [5.74, 6) is 0.808. The van der Waals surface area contributed by atoms with Gasteiger partial charge in [0.2, 0.25) is 5.91 Å². The van der Waals surface area contributed by atoms with Crippen molar-refractivity contribution in [1.29, 1.82) is 0 Å². The Hall–Kier alpha value is -2.06. The van der Waals surface area contributed by atoms with E-state index >= 15 is 0 Å². The average Bonchev–Trinajstić information content (AvgIpc) is 3.09. The zero-order valence-corrected chi connectivity index (χ0v) is 17.1. The molecule has 0 bridgehead atoms. The smallest absolute Gasteiger partial charge is 0.252 e. The van der Waals surface area contributed by atoms with E-state index in [0.717, 1.165) is 62.4 Å². The van der Waals surface area contributed by atoms with Crippen LogP contribution < -0.4 is 0 Å². The summed E-state index contributed by atoms with van der Waals surface area (Å²) in [6.45, 7) is 7.33. The van der Waals surface area contributed by atoms with Crippen LogP contribution in [0.25, 0.3) is 5.78 Å². The van der Waals surface area contributed by atoms with Crippen LogP contribution >= 0.6 is 0 Å². The standard InChI is InChI=1S/C20H30N6O2/c1-14-17(15(2)26-19(23-14)21-13-22-26)4-5-18(28)25-8-6-20(7-9-25)10-16(27)11-24(3)12-20/h13,16,27H,4-12H2,1-3H3. The van der Waals surface area contributed by atoms with Crippen LogP contribution in [-0.4, -0.2) is 79.7 Å². The number of carbonyl (C=O) groups excluding carboxylic acids is 1. The summed E-state index contributed by atoms with van der Waals surface area (Å²) >= 11 is 0. The van der Waals surface area contributed by atoms with Crippen molar-refractivity contribution < 1.29 is 9.90 Å². The lowest BCUT2D eigenvalue weighted by atomic mass is 9.71. The first-order valence-electron chi connectivity index (χ1n) is 10.2. The highest BCUT2D eigenvalue weighted by Crippen LogP contribution is 2.39. The summed E-state index contributed by atoms with van der Waals surface area (Å²) in [6, 6.07) is 0. The number of likely N-dealkylation sites (N-methyl/N-ethyl adjacent to an activating group) is 1. The zero-order chi connectivity index (χ0) is 19.9. The van der Waals surface area contributed by atoms with Crippen molar-refractivity contribution in [2.45, 2.75) is 52.1 Å². The molecule has 1 N–H and O–H groups in total. The van der Waals surface area contributed by atoms with E-state index in [1.807, 2.05) is 18.7 Å². The Morgan fingerprint density at radius 1 is 1.32 bits per heavy atom. The minimum atomic E-state index is -0.244. The van der Waals surface area contributed by atoms with Crippen molar-refractivity contribution >= 4 is 11.7 Å². The predicted octanol–water partition coefficient (Wildman–Crippen LogP) is 0.979. The van der Waals surface area contributed by atoms with Crippen LogP contribution in [0, 0.1) is 19.3 Å². The first kappa shape index (κ1) is 19.3. The van der Waals surface area contributed by atoms with Crippen LogP contribution in [0.3, 0.4) is 0 Å². The van der Waals surface area contributed by atoms with Gasteiger partial charge < -0.3 is 14.9 Å². The lowest BCUT2D eigenvalue weighted by Gasteiger charge is -2.48. The normalized spacial score (nSPS) is 22.9. The number of carbonyl (C=O) groups is 1. The molecule has 152 valence electrons. The van der Waals surface area contributed by atoms with Crippen LogP contribution in [-0.2, 0) is 11.2 Å². The van der Waals surface area contributed by atoms with E-state index in [2.05, 4.69) is 27.0 Å². The predicted molar refractivity (Wildman–Crippen MR) is 105 cm³/mol. The van der Waals surface area contributed by atoms with Gasteiger partial charge in [-0.05, 0) is 57.6 Å². The van der Waals surface area contributed by atoms with E-state index in [1.54, 1.807) is 4.52 Å². The van der Waals surface area contributed by atoms with E-state index < -0.39 is 0 Å². The first-order valence-corrected chi connectivity index (χ1v) is 10.2. The summed E-state index contributed by atoms with van der Waals surface area (Å²) in [5.41, 5.74) is 3.17. The molecule has 0 saturated carbocycles. The van der Waals surface area contributed by atoms with Crippen molar-refractivity contribution in [1.82, 2.24) is 29.4 Å². The molecule has 2 aliphatic heterocycles. The van der Waals surface area contributed by atoms with E-state index in [-0.39, 0.29) is 17.4 Å². The third-order valence-electron chi connectivity index (χ3n) is 6.55. The molecule has 8 heteroatoms. The van der Waals surface area contributed by atoms with Gasteiger partial charge in [-0.2, -0.15) is 10.1 Å². The van der Waals surface area contributed by atoms with Gasteiger partial charge in [-0.15, -0.1) is 0 Å². The summed E-state index contributed by atoms with van der Waals surface area (Å²) in [4.78, 5) is 25.7. The van der Waals surface area contributed by atoms with Crippen molar-refractivity contribution in [2.24, 2.45) is 5.41 Å². The molecular weight excluding hydrogens is 356 g/mol. The monoisotopic (exact) mass is 386 g/mol. The van der Waals surface area contributed by atoms with Gasteiger partial charge in [-0.1, -0.05) is 0 Å². The molecule has 0 aliphatic carbocycles. The summed E-state index contributed by atoms with van der Waals surface area (Å²) in [6.07, 6.45) is 5.23. The molecule has 1 amide bonds. The van der Waals surface area contributed by atoms with Crippen LogP contribution in [0.4, 0.5) is 0 Å². The van der Waals surface area contributed by atoms with Gasteiger partial charge in [0.15, 0.2) is 0 Å². The third kappa shape index (κ3) is 3.63. The molecule has 2 aliphatic rings. The minimum absolute atomic E-state index is 0.165. The number of likely N-dealkylation sites (tertiary alicyclic amines) is 2. The molecule has 28 heavy (non-hydrogen) atoms. The second kappa shape index (κ2) is 7.40. The van der Waals surface area contributed by atoms with Crippen LogP contribution in [0.2, 0.25) is 0 Å². The minimum Gasteiger partial charge on any atom is -0.392 e. The summed E-state index contributed by atoms with van der Waals surface area (Å²) in [7, 11) is 2.08. The number of amides is 1. The second-order valence-electron chi connectivity index (χ2n) is 8.67. The highest BCUT2D eigenvalue weighted by atomic mass is 16.3. The van der Waals surface area contributed by atoms with Gasteiger partial charge in [-0.25, -0.2) is 9.50 Å². The fourth-order valence-corrected chi connectivity index (χ4v) is 5.13. The summed E-state index contributed by atoms with van der Waals surface area (Å²) < 4.78 is 1.74. The number of aryl methyl sites for hydroxylation is 2. The van der Waals surface area contributed by atoms with Crippen LogP contribution in [0.15, 0.2) is 6.33 Å². The Balaban J connectivity index is 1.37. The van der Waals surface area contributed by atoms with Gasteiger partial charge in [0, 0.05) is 44.0 Å². The highest BCUT2D eigenvalue weighted by molar-refractivity contribution is 5.76. The molecule has 1 spiro atoms. The Kier molecular flexibility index (Phi) is 5.09. The third-order valence-corrected chi connectivity index (χ3v) is 6.55. The highest BCUT2D eigenvalue weighted by Gasteiger charge is 2.41. The molecule has 0 aromatic carbocycles. The van der Waals surface area contributed by atoms with Crippen molar-refractivity contribution in [3.05, 3.63) is 23.3 Å². The fraction of sp³-hybridized carbons (Fsp3) is 0.700. The van der Waals surface area contributed by atoms with Crippen LogP contribution in [0.1, 0.15) is 42.6 Å². The second-order valence-corrected chi connectivity index (χ2v) is 8.67. The fourth-order valence-electron chi connectivity index (χ4n) is 5.13. The Bertz CT molecular complexity index is 859. The number of hydrogen-bond acceptors (Lipinski definition) is 6. The number of aliphatic hydroxyl groups is 1. The number of fused-ring (bicyclic) bond motifs is 1. The number of piperidine rings is 2.